The van der Waals surface area contributed by atoms with Gasteiger partial charge in [0.2, 0.25) is 0 Å². The number of halogens is 3. The van der Waals surface area contributed by atoms with E-state index in [2.05, 4.69) is 22.0 Å². The molecule has 0 saturated carbocycles. The Morgan fingerprint density at radius 1 is 1.00 bits per heavy atom. The van der Waals surface area contributed by atoms with E-state index in [1.54, 1.807) is 12.1 Å². The van der Waals surface area contributed by atoms with Gasteiger partial charge in [0.1, 0.15) is 0 Å². The largest absolute Gasteiger partial charge is 0.417 e. The Balaban J connectivity index is 1.76. The summed E-state index contributed by atoms with van der Waals surface area (Å²) < 4.78 is 55.5. The van der Waals surface area contributed by atoms with Crippen LogP contribution >= 0.6 is 20.0 Å². The molecular weight excluding hydrogens is 446 g/mol. The van der Waals surface area contributed by atoms with E-state index >= 15 is 0 Å². The van der Waals surface area contributed by atoms with Crippen molar-refractivity contribution in [3.8, 4) is 0 Å². The standard InChI is InChI=1S/C22H29F3NO3PS/c23-22(24,25)20-16-19(17-26-13-7-14-29-30(27)28)11-12-21(20)31-15-6-2-5-10-18-8-3-1-4-9-18/h1,3-4,8-9,11-12,16,26,30H,2,5-7,10,13-15,17H2,(H,27,28). The van der Waals surface area contributed by atoms with Crippen LogP contribution in [0.2, 0.25) is 0 Å². The van der Waals surface area contributed by atoms with Crippen LogP contribution in [0.1, 0.15) is 42.4 Å². The van der Waals surface area contributed by atoms with Gasteiger partial charge < -0.3 is 14.7 Å². The Morgan fingerprint density at radius 2 is 1.77 bits per heavy atom. The van der Waals surface area contributed by atoms with Crippen LogP contribution in [-0.2, 0) is 28.2 Å². The van der Waals surface area contributed by atoms with E-state index in [0.29, 0.717) is 30.8 Å². The van der Waals surface area contributed by atoms with Crippen molar-refractivity contribution >= 4 is 20.0 Å². The molecule has 0 aromatic heterocycles. The molecule has 2 aromatic rings. The number of alkyl halides is 3. The molecule has 0 fully saturated rings. The molecule has 0 aliphatic heterocycles. The molecular formula is C22H29F3NO3PS. The molecule has 0 aliphatic carbocycles. The maximum absolute atomic E-state index is 13.5. The van der Waals surface area contributed by atoms with Gasteiger partial charge in [0.15, 0.2) is 0 Å². The van der Waals surface area contributed by atoms with E-state index in [1.165, 1.54) is 23.4 Å². The van der Waals surface area contributed by atoms with Crippen LogP contribution in [0, 0.1) is 0 Å². The van der Waals surface area contributed by atoms with Gasteiger partial charge in [-0.15, -0.1) is 11.8 Å². The van der Waals surface area contributed by atoms with Gasteiger partial charge in [0.05, 0.1) is 12.2 Å². The minimum Gasteiger partial charge on any atom is -0.326 e. The number of benzene rings is 2. The zero-order chi connectivity index (χ0) is 22.5. The van der Waals surface area contributed by atoms with Gasteiger partial charge >= 0.3 is 14.4 Å². The molecule has 2 rings (SSSR count). The number of thioether (sulfide) groups is 1. The maximum atomic E-state index is 13.5. The first kappa shape index (κ1) is 25.9. The first-order valence-electron chi connectivity index (χ1n) is 10.3. The fourth-order valence-corrected chi connectivity index (χ4v) is 4.44. The van der Waals surface area contributed by atoms with Gasteiger partial charge in [-0.2, -0.15) is 13.2 Å². The average Bonchev–Trinajstić information content (AvgIpc) is 2.73. The Labute approximate surface area is 186 Å². The van der Waals surface area contributed by atoms with Crippen LogP contribution in [-0.4, -0.2) is 23.8 Å². The van der Waals surface area contributed by atoms with Crippen molar-refractivity contribution in [1.29, 1.82) is 0 Å². The number of unbranched alkanes of at least 4 members (excludes halogenated alkanes) is 2. The van der Waals surface area contributed by atoms with Gasteiger partial charge in [0.25, 0.3) is 0 Å². The highest BCUT2D eigenvalue weighted by Crippen LogP contribution is 2.37. The fraction of sp³-hybridized carbons (Fsp3) is 0.455. The second-order valence-electron chi connectivity index (χ2n) is 7.12. The molecule has 172 valence electrons. The third-order valence-corrected chi connectivity index (χ3v) is 6.22. The van der Waals surface area contributed by atoms with E-state index in [9.17, 15) is 17.7 Å². The number of hydrogen-bond acceptors (Lipinski definition) is 4. The summed E-state index contributed by atoms with van der Waals surface area (Å²) in [6.45, 7) is 0.911. The second-order valence-corrected chi connectivity index (χ2v) is 9.07. The lowest BCUT2D eigenvalue weighted by Crippen LogP contribution is -2.17. The van der Waals surface area contributed by atoms with Crippen molar-refractivity contribution in [1.82, 2.24) is 5.32 Å². The lowest BCUT2D eigenvalue weighted by molar-refractivity contribution is -0.139. The Bertz CT molecular complexity index is 806. The summed E-state index contributed by atoms with van der Waals surface area (Å²) in [4.78, 5) is 8.83. The molecule has 0 bridgehead atoms. The highest BCUT2D eigenvalue weighted by atomic mass is 32.2. The molecule has 0 aliphatic rings. The first-order valence-corrected chi connectivity index (χ1v) is 12.5. The Morgan fingerprint density at radius 3 is 2.48 bits per heavy atom. The molecule has 2 aromatic carbocycles. The fourth-order valence-electron chi connectivity index (χ4n) is 3.06. The molecule has 0 radical (unpaired) electrons. The summed E-state index contributed by atoms with van der Waals surface area (Å²) in [7, 11) is -2.93. The number of nitrogens with one attached hydrogen (secondary N) is 1. The van der Waals surface area contributed by atoms with Crippen LogP contribution in [0.5, 0.6) is 0 Å². The molecule has 1 unspecified atom stereocenters. The normalized spacial score (nSPS) is 12.8. The van der Waals surface area contributed by atoms with Crippen LogP contribution in [0.4, 0.5) is 13.2 Å². The molecule has 31 heavy (non-hydrogen) atoms. The van der Waals surface area contributed by atoms with Crippen molar-refractivity contribution in [2.75, 3.05) is 18.9 Å². The van der Waals surface area contributed by atoms with Crippen LogP contribution in [0.15, 0.2) is 53.4 Å². The van der Waals surface area contributed by atoms with E-state index in [4.69, 9.17) is 4.89 Å². The van der Waals surface area contributed by atoms with Crippen molar-refractivity contribution in [2.24, 2.45) is 0 Å². The zero-order valence-electron chi connectivity index (χ0n) is 17.3. The summed E-state index contributed by atoms with van der Waals surface area (Å²) >= 11 is 1.26. The van der Waals surface area contributed by atoms with E-state index in [1.807, 2.05) is 18.2 Å². The number of rotatable bonds is 14. The highest BCUT2D eigenvalue weighted by Gasteiger charge is 2.33. The second kappa shape index (κ2) is 14.0. The molecule has 0 heterocycles. The van der Waals surface area contributed by atoms with Crippen molar-refractivity contribution in [3.63, 3.8) is 0 Å². The predicted molar refractivity (Wildman–Crippen MR) is 120 cm³/mol. The van der Waals surface area contributed by atoms with Gasteiger partial charge in [0, 0.05) is 11.4 Å². The molecule has 9 heteroatoms. The molecule has 2 N–H and O–H groups in total. The smallest absolute Gasteiger partial charge is 0.326 e. The highest BCUT2D eigenvalue weighted by molar-refractivity contribution is 7.99. The van der Waals surface area contributed by atoms with E-state index in [-0.39, 0.29) is 11.5 Å². The van der Waals surface area contributed by atoms with E-state index in [0.717, 1.165) is 25.7 Å². The number of hydrogen-bond donors (Lipinski definition) is 2. The lowest BCUT2D eigenvalue weighted by Gasteiger charge is -2.15. The summed E-state index contributed by atoms with van der Waals surface area (Å²) in [6.07, 6.45) is -0.0112. The molecule has 0 saturated heterocycles. The summed E-state index contributed by atoms with van der Waals surface area (Å²) in [5, 5.41) is 3.03. The third kappa shape index (κ3) is 10.7. The SMILES string of the molecule is O=[PH](O)OCCCNCc1ccc(SCCCCCc2ccccc2)c(C(F)(F)F)c1. The monoisotopic (exact) mass is 475 g/mol. The van der Waals surface area contributed by atoms with Crippen molar-refractivity contribution < 1.29 is 27.2 Å². The van der Waals surface area contributed by atoms with Crippen LogP contribution in [0.25, 0.3) is 0 Å². The summed E-state index contributed by atoms with van der Waals surface area (Å²) in [6, 6.07) is 14.7. The predicted octanol–water partition coefficient (Wildman–Crippen LogP) is 6.09. The average molecular weight is 476 g/mol. The van der Waals surface area contributed by atoms with Gasteiger partial charge in [-0.1, -0.05) is 42.8 Å². The van der Waals surface area contributed by atoms with Gasteiger partial charge in [-0.25, -0.2) is 0 Å². The Hall–Kier alpha value is -1.31. The van der Waals surface area contributed by atoms with Crippen LogP contribution < -0.4 is 5.32 Å². The van der Waals surface area contributed by atoms with Crippen molar-refractivity contribution in [2.45, 2.75) is 49.7 Å². The molecule has 0 amide bonds. The topological polar surface area (TPSA) is 58.6 Å². The quantitative estimate of drug-likeness (QED) is 0.197. The van der Waals surface area contributed by atoms with E-state index < -0.39 is 20.0 Å². The minimum atomic E-state index is -4.40. The Kier molecular flexibility index (Phi) is 11.7. The maximum Gasteiger partial charge on any atom is 0.417 e. The summed E-state index contributed by atoms with van der Waals surface area (Å²) in [5.74, 6) is 0.656. The lowest BCUT2D eigenvalue weighted by atomic mass is 10.1. The molecule has 4 nitrogen and oxygen atoms in total. The van der Waals surface area contributed by atoms with Gasteiger partial charge in [-0.05, 0) is 61.2 Å². The minimum absolute atomic E-state index is 0.135. The van der Waals surface area contributed by atoms with Crippen LogP contribution in [0.3, 0.4) is 0 Å². The first-order chi connectivity index (χ1) is 14.9. The molecule has 0 spiro atoms. The van der Waals surface area contributed by atoms with Gasteiger partial charge in [-0.3, -0.25) is 4.57 Å². The third-order valence-electron chi connectivity index (χ3n) is 4.61. The summed E-state index contributed by atoms with van der Waals surface area (Å²) in [5.41, 5.74) is 1.25. The molecule has 1 atom stereocenters. The van der Waals surface area contributed by atoms with Crippen molar-refractivity contribution in [3.05, 3.63) is 65.2 Å². The zero-order valence-corrected chi connectivity index (χ0v) is 19.1. The number of aryl methyl sites for hydroxylation is 1.